The fraction of sp³-hybridized carbons (Fsp3) is 0.611. The number of rotatable bonds is 6. The third-order valence-electron chi connectivity index (χ3n) is 4.36. The number of benzene rings is 1. The van der Waals surface area contributed by atoms with Crippen molar-refractivity contribution in [1.29, 1.82) is 0 Å². The molecule has 1 aliphatic heterocycles. The third-order valence-corrected chi connectivity index (χ3v) is 4.36. The van der Waals surface area contributed by atoms with Crippen molar-refractivity contribution in [3.05, 3.63) is 35.9 Å². The number of hydrogen-bond acceptors (Lipinski definition) is 2. The Morgan fingerprint density at radius 1 is 1.36 bits per heavy atom. The van der Waals surface area contributed by atoms with Gasteiger partial charge in [-0.2, -0.15) is 0 Å². The molecule has 1 aromatic carbocycles. The quantitative estimate of drug-likeness (QED) is 0.626. The van der Waals surface area contributed by atoms with Crippen LogP contribution in [0.5, 0.6) is 0 Å². The molecule has 1 aromatic rings. The molecule has 0 spiro atoms. The van der Waals surface area contributed by atoms with E-state index in [1.54, 1.807) is 0 Å². The van der Waals surface area contributed by atoms with E-state index in [0.717, 1.165) is 26.1 Å². The van der Waals surface area contributed by atoms with Crippen molar-refractivity contribution in [2.24, 2.45) is 16.6 Å². The summed E-state index contributed by atoms with van der Waals surface area (Å²) in [5.41, 5.74) is 7.30. The molecule has 2 rings (SSSR count). The Hall–Kier alpha value is -1.55. The number of likely N-dealkylation sites (tertiary alicyclic amines) is 1. The second-order valence-electron chi connectivity index (χ2n) is 6.49. The van der Waals surface area contributed by atoms with Crippen LogP contribution < -0.4 is 11.1 Å². The molecule has 0 bridgehead atoms. The van der Waals surface area contributed by atoms with Gasteiger partial charge in [0, 0.05) is 25.7 Å². The second-order valence-corrected chi connectivity index (χ2v) is 6.49. The number of nitrogens with two attached hydrogens (primary N) is 1. The SMILES string of the molecule is CC(C)N1CCCC(CN=C(N)NCCc2ccccc2)C1. The van der Waals surface area contributed by atoms with E-state index in [4.69, 9.17) is 5.73 Å². The molecule has 1 aliphatic rings. The predicted octanol–water partition coefficient (Wildman–Crippen LogP) is 2.25. The second kappa shape index (κ2) is 8.79. The molecule has 0 saturated carbocycles. The first-order valence-corrected chi connectivity index (χ1v) is 8.47. The molecule has 4 nitrogen and oxygen atoms in total. The lowest BCUT2D eigenvalue weighted by Crippen LogP contribution is -2.41. The van der Waals surface area contributed by atoms with Gasteiger partial charge >= 0.3 is 0 Å². The van der Waals surface area contributed by atoms with Crippen molar-refractivity contribution < 1.29 is 0 Å². The predicted molar refractivity (Wildman–Crippen MR) is 94.1 cm³/mol. The van der Waals surface area contributed by atoms with E-state index < -0.39 is 0 Å². The molecule has 22 heavy (non-hydrogen) atoms. The molecule has 1 heterocycles. The van der Waals surface area contributed by atoms with E-state index in [0.29, 0.717) is 17.9 Å². The number of aliphatic imine (C=N–C) groups is 1. The Bertz CT molecular complexity index is 455. The van der Waals surface area contributed by atoms with Crippen molar-refractivity contribution in [1.82, 2.24) is 10.2 Å². The van der Waals surface area contributed by atoms with Gasteiger partial charge in [-0.1, -0.05) is 30.3 Å². The van der Waals surface area contributed by atoms with Crippen molar-refractivity contribution in [3.8, 4) is 0 Å². The summed E-state index contributed by atoms with van der Waals surface area (Å²) in [6.45, 7) is 8.59. The average Bonchev–Trinajstić information content (AvgIpc) is 2.54. The van der Waals surface area contributed by atoms with Gasteiger partial charge in [0.1, 0.15) is 0 Å². The molecule has 1 atom stereocenters. The van der Waals surface area contributed by atoms with E-state index in [9.17, 15) is 0 Å². The van der Waals surface area contributed by atoms with Crippen LogP contribution in [0.15, 0.2) is 35.3 Å². The zero-order valence-electron chi connectivity index (χ0n) is 14.0. The number of guanidine groups is 1. The Kier molecular flexibility index (Phi) is 6.72. The fourth-order valence-electron chi connectivity index (χ4n) is 2.98. The lowest BCUT2D eigenvalue weighted by Gasteiger charge is -2.34. The minimum Gasteiger partial charge on any atom is -0.370 e. The maximum absolute atomic E-state index is 5.97. The molecule has 122 valence electrons. The largest absolute Gasteiger partial charge is 0.370 e. The highest BCUT2D eigenvalue weighted by atomic mass is 15.2. The van der Waals surface area contributed by atoms with Gasteiger partial charge in [-0.3, -0.25) is 4.99 Å². The number of nitrogens with one attached hydrogen (secondary N) is 1. The molecule has 1 unspecified atom stereocenters. The van der Waals surface area contributed by atoms with Gasteiger partial charge in [-0.15, -0.1) is 0 Å². The van der Waals surface area contributed by atoms with E-state index >= 15 is 0 Å². The minimum atomic E-state index is 0.581. The third kappa shape index (κ3) is 5.68. The topological polar surface area (TPSA) is 53.6 Å². The number of hydrogen-bond donors (Lipinski definition) is 2. The van der Waals surface area contributed by atoms with Gasteiger partial charge in [-0.05, 0) is 51.1 Å². The van der Waals surface area contributed by atoms with Gasteiger partial charge in [0.15, 0.2) is 5.96 Å². The maximum atomic E-state index is 5.97. The Morgan fingerprint density at radius 2 is 2.14 bits per heavy atom. The van der Waals surface area contributed by atoms with Gasteiger partial charge in [0.05, 0.1) is 0 Å². The first-order valence-electron chi connectivity index (χ1n) is 8.47. The van der Waals surface area contributed by atoms with E-state index in [1.165, 1.54) is 24.9 Å². The van der Waals surface area contributed by atoms with Gasteiger partial charge < -0.3 is 16.0 Å². The first kappa shape index (κ1) is 16.8. The molecule has 0 aromatic heterocycles. The average molecular weight is 302 g/mol. The number of nitrogens with zero attached hydrogens (tertiary/aromatic N) is 2. The summed E-state index contributed by atoms with van der Waals surface area (Å²) >= 11 is 0. The maximum Gasteiger partial charge on any atom is 0.188 e. The first-order chi connectivity index (χ1) is 10.6. The van der Waals surface area contributed by atoms with Crippen LogP contribution in [-0.4, -0.2) is 43.1 Å². The highest BCUT2D eigenvalue weighted by Crippen LogP contribution is 2.18. The van der Waals surface area contributed by atoms with Crippen molar-refractivity contribution in [2.45, 2.75) is 39.2 Å². The molecule has 4 heteroatoms. The van der Waals surface area contributed by atoms with Crippen LogP contribution in [0.2, 0.25) is 0 Å². The summed E-state index contributed by atoms with van der Waals surface area (Å²) in [4.78, 5) is 7.07. The van der Waals surface area contributed by atoms with Crippen LogP contribution in [0.3, 0.4) is 0 Å². The monoisotopic (exact) mass is 302 g/mol. The highest BCUT2D eigenvalue weighted by molar-refractivity contribution is 5.77. The summed E-state index contributed by atoms with van der Waals surface area (Å²) in [7, 11) is 0. The van der Waals surface area contributed by atoms with Gasteiger partial charge in [0.25, 0.3) is 0 Å². The molecule has 0 amide bonds. The molecule has 0 aliphatic carbocycles. The summed E-state index contributed by atoms with van der Waals surface area (Å²) < 4.78 is 0. The van der Waals surface area contributed by atoms with Crippen LogP contribution in [0, 0.1) is 5.92 Å². The molecule has 1 fully saturated rings. The molecule has 0 radical (unpaired) electrons. The van der Waals surface area contributed by atoms with Gasteiger partial charge in [0.2, 0.25) is 0 Å². The summed E-state index contributed by atoms with van der Waals surface area (Å²) in [5.74, 6) is 1.23. The lowest BCUT2D eigenvalue weighted by molar-refractivity contribution is 0.143. The van der Waals surface area contributed by atoms with E-state index in [-0.39, 0.29) is 0 Å². The van der Waals surface area contributed by atoms with Crippen molar-refractivity contribution in [3.63, 3.8) is 0 Å². The zero-order valence-corrected chi connectivity index (χ0v) is 14.0. The molecular formula is C18H30N4. The van der Waals surface area contributed by atoms with Crippen LogP contribution in [0.25, 0.3) is 0 Å². The van der Waals surface area contributed by atoms with Crippen molar-refractivity contribution in [2.75, 3.05) is 26.2 Å². The minimum absolute atomic E-state index is 0.581. The molecular weight excluding hydrogens is 272 g/mol. The zero-order chi connectivity index (χ0) is 15.8. The standard InChI is InChI=1S/C18H30N4/c1-15(2)22-12-6-9-17(14-22)13-21-18(19)20-11-10-16-7-4-3-5-8-16/h3-5,7-8,15,17H,6,9-14H2,1-2H3,(H3,19,20,21). The van der Waals surface area contributed by atoms with E-state index in [2.05, 4.69) is 53.3 Å². The number of piperidine rings is 1. The lowest BCUT2D eigenvalue weighted by atomic mass is 9.97. The molecule has 3 N–H and O–H groups in total. The van der Waals surface area contributed by atoms with E-state index in [1.807, 2.05) is 6.07 Å². The van der Waals surface area contributed by atoms with Crippen LogP contribution in [0.1, 0.15) is 32.3 Å². The Morgan fingerprint density at radius 3 is 2.86 bits per heavy atom. The summed E-state index contributed by atoms with van der Waals surface area (Å²) in [6.07, 6.45) is 3.52. The fourth-order valence-corrected chi connectivity index (χ4v) is 2.98. The van der Waals surface area contributed by atoms with Gasteiger partial charge in [-0.25, -0.2) is 0 Å². The van der Waals surface area contributed by atoms with Crippen LogP contribution >= 0.6 is 0 Å². The Labute approximate surface area is 134 Å². The Balaban J connectivity index is 1.68. The smallest absolute Gasteiger partial charge is 0.188 e. The van der Waals surface area contributed by atoms with Crippen LogP contribution in [-0.2, 0) is 6.42 Å². The normalized spacial score (nSPS) is 20.3. The molecule has 1 saturated heterocycles. The van der Waals surface area contributed by atoms with Crippen LogP contribution in [0.4, 0.5) is 0 Å². The highest BCUT2D eigenvalue weighted by Gasteiger charge is 2.21. The van der Waals surface area contributed by atoms with Crippen molar-refractivity contribution >= 4 is 5.96 Å². The summed E-state index contributed by atoms with van der Waals surface area (Å²) in [6, 6.07) is 11.1. The summed E-state index contributed by atoms with van der Waals surface area (Å²) in [5, 5.41) is 3.22.